The number of pyridine rings is 1. The summed E-state index contributed by atoms with van der Waals surface area (Å²) in [7, 11) is 0. The number of carbonyl (C=O) groups is 1. The summed E-state index contributed by atoms with van der Waals surface area (Å²) in [4.78, 5) is 15.9. The summed E-state index contributed by atoms with van der Waals surface area (Å²) in [5.41, 5.74) is 2.46. The summed E-state index contributed by atoms with van der Waals surface area (Å²) >= 11 is 3.28. The Morgan fingerprint density at radius 2 is 2.16 bits per heavy atom. The minimum Gasteiger partial charge on any atom is -0.321 e. The van der Waals surface area contributed by atoms with E-state index in [1.807, 2.05) is 6.92 Å². The van der Waals surface area contributed by atoms with E-state index in [4.69, 9.17) is 0 Å². The zero-order valence-corrected chi connectivity index (χ0v) is 14.9. The third kappa shape index (κ3) is 4.19. The van der Waals surface area contributed by atoms with Crippen LogP contribution in [0.2, 0.25) is 0 Å². The van der Waals surface area contributed by atoms with E-state index in [9.17, 15) is 9.18 Å². The molecule has 1 aromatic carbocycles. The Kier molecular flexibility index (Phi) is 5.04. The van der Waals surface area contributed by atoms with Crippen LogP contribution >= 0.6 is 15.9 Å². The fourth-order valence-electron chi connectivity index (χ4n) is 2.19. The van der Waals surface area contributed by atoms with Crippen LogP contribution in [-0.2, 0) is 4.79 Å². The molecule has 2 aromatic heterocycles. The lowest BCUT2D eigenvalue weighted by Gasteiger charge is -2.05. The van der Waals surface area contributed by atoms with Crippen molar-refractivity contribution in [3.05, 3.63) is 76.5 Å². The molecule has 1 amide bonds. The number of hydrogen-bond donors (Lipinski definition) is 1. The first-order valence-electron chi connectivity index (χ1n) is 7.43. The van der Waals surface area contributed by atoms with Gasteiger partial charge in [-0.25, -0.2) is 9.07 Å². The fraction of sp³-hybridized carbons (Fsp3) is 0.0556. The zero-order valence-electron chi connectivity index (χ0n) is 13.3. The van der Waals surface area contributed by atoms with Crippen LogP contribution in [0, 0.1) is 12.7 Å². The van der Waals surface area contributed by atoms with Crippen molar-refractivity contribution in [3.63, 3.8) is 0 Å². The highest BCUT2D eigenvalue weighted by molar-refractivity contribution is 9.10. The first-order chi connectivity index (χ1) is 12.0. The first kappa shape index (κ1) is 17.0. The monoisotopic (exact) mass is 400 g/mol. The van der Waals surface area contributed by atoms with Gasteiger partial charge in [0.2, 0.25) is 5.91 Å². The van der Waals surface area contributed by atoms with Gasteiger partial charge in [0, 0.05) is 18.5 Å². The van der Waals surface area contributed by atoms with E-state index in [1.165, 1.54) is 16.8 Å². The van der Waals surface area contributed by atoms with Crippen LogP contribution in [-0.4, -0.2) is 20.7 Å². The lowest BCUT2D eigenvalue weighted by atomic mass is 10.2. The van der Waals surface area contributed by atoms with Gasteiger partial charge >= 0.3 is 0 Å². The molecule has 0 saturated heterocycles. The number of aromatic nitrogens is 3. The highest BCUT2D eigenvalue weighted by Gasteiger charge is 2.07. The molecule has 0 aliphatic carbocycles. The Morgan fingerprint density at radius 3 is 2.84 bits per heavy atom. The molecular weight excluding hydrogens is 387 g/mol. The SMILES string of the molecule is Cc1ccncc1NC(=O)/C=C/c1ccc(-n2cc(Br)cn2)c(F)c1. The van der Waals surface area contributed by atoms with Crippen LogP contribution in [0.3, 0.4) is 0 Å². The van der Waals surface area contributed by atoms with E-state index in [2.05, 4.69) is 31.3 Å². The van der Waals surface area contributed by atoms with Crippen molar-refractivity contribution in [2.24, 2.45) is 0 Å². The molecule has 0 bridgehead atoms. The van der Waals surface area contributed by atoms with Gasteiger partial charge in [-0.3, -0.25) is 9.78 Å². The Balaban J connectivity index is 1.72. The third-order valence-electron chi connectivity index (χ3n) is 3.49. The lowest BCUT2D eigenvalue weighted by Crippen LogP contribution is -2.09. The van der Waals surface area contributed by atoms with Crippen LogP contribution in [0.25, 0.3) is 11.8 Å². The van der Waals surface area contributed by atoms with Crippen LogP contribution < -0.4 is 5.32 Å². The fourth-order valence-corrected chi connectivity index (χ4v) is 2.47. The molecule has 0 fully saturated rings. The second-order valence-electron chi connectivity index (χ2n) is 5.33. The molecule has 0 saturated carbocycles. The largest absolute Gasteiger partial charge is 0.321 e. The van der Waals surface area contributed by atoms with Crippen molar-refractivity contribution >= 4 is 33.6 Å². The molecule has 3 aromatic rings. The molecule has 7 heteroatoms. The summed E-state index contributed by atoms with van der Waals surface area (Å²) in [5, 5.41) is 6.78. The minimum absolute atomic E-state index is 0.309. The second kappa shape index (κ2) is 7.40. The molecule has 0 atom stereocenters. The maximum absolute atomic E-state index is 14.3. The first-order valence-corrected chi connectivity index (χ1v) is 8.22. The number of rotatable bonds is 4. The minimum atomic E-state index is -0.429. The average Bonchev–Trinajstić information content (AvgIpc) is 3.01. The molecule has 0 aliphatic heterocycles. The van der Waals surface area contributed by atoms with E-state index in [0.717, 1.165) is 10.0 Å². The quantitative estimate of drug-likeness (QED) is 0.669. The van der Waals surface area contributed by atoms with E-state index in [-0.39, 0.29) is 5.91 Å². The predicted molar refractivity (Wildman–Crippen MR) is 97.9 cm³/mol. The third-order valence-corrected chi connectivity index (χ3v) is 3.90. The molecular formula is C18H14BrFN4O. The van der Waals surface area contributed by atoms with E-state index in [1.54, 1.807) is 49.1 Å². The summed E-state index contributed by atoms with van der Waals surface area (Å²) in [6, 6.07) is 6.48. The Hall–Kier alpha value is -2.80. The van der Waals surface area contributed by atoms with Crippen molar-refractivity contribution in [2.75, 3.05) is 5.32 Å². The highest BCUT2D eigenvalue weighted by atomic mass is 79.9. The summed E-state index contributed by atoms with van der Waals surface area (Å²) < 4.78 is 16.4. The molecule has 5 nitrogen and oxygen atoms in total. The number of halogens is 2. The Labute approximate surface area is 152 Å². The highest BCUT2D eigenvalue weighted by Crippen LogP contribution is 2.18. The normalized spacial score (nSPS) is 11.0. The molecule has 3 rings (SSSR count). The number of amides is 1. The van der Waals surface area contributed by atoms with Gasteiger partial charge in [0.05, 0.1) is 22.6 Å². The van der Waals surface area contributed by atoms with Crippen molar-refractivity contribution in [2.45, 2.75) is 6.92 Å². The predicted octanol–water partition coefficient (Wildman–Crippen LogP) is 4.13. The molecule has 25 heavy (non-hydrogen) atoms. The molecule has 0 radical (unpaired) electrons. The maximum atomic E-state index is 14.3. The number of aryl methyl sites for hydroxylation is 1. The number of benzene rings is 1. The van der Waals surface area contributed by atoms with E-state index >= 15 is 0 Å². The van der Waals surface area contributed by atoms with Crippen molar-refractivity contribution < 1.29 is 9.18 Å². The molecule has 2 heterocycles. The summed E-state index contributed by atoms with van der Waals surface area (Å²) in [5.74, 6) is -0.738. The molecule has 1 N–H and O–H groups in total. The van der Waals surface area contributed by atoms with Crippen LogP contribution in [0.4, 0.5) is 10.1 Å². The number of nitrogens with one attached hydrogen (secondary N) is 1. The van der Waals surface area contributed by atoms with Gasteiger partial charge in [0.1, 0.15) is 11.5 Å². The second-order valence-corrected chi connectivity index (χ2v) is 6.24. The zero-order chi connectivity index (χ0) is 17.8. The smallest absolute Gasteiger partial charge is 0.248 e. The van der Waals surface area contributed by atoms with Gasteiger partial charge in [-0.2, -0.15) is 5.10 Å². The van der Waals surface area contributed by atoms with Crippen molar-refractivity contribution in [3.8, 4) is 5.69 Å². The van der Waals surface area contributed by atoms with Crippen LogP contribution in [0.15, 0.2) is 59.6 Å². The van der Waals surface area contributed by atoms with Gasteiger partial charge < -0.3 is 5.32 Å². The molecule has 0 spiro atoms. The molecule has 0 unspecified atom stereocenters. The molecule has 0 aliphatic rings. The van der Waals surface area contributed by atoms with Gasteiger partial charge in [-0.05, 0) is 58.3 Å². The Morgan fingerprint density at radius 1 is 1.32 bits per heavy atom. The van der Waals surface area contributed by atoms with Crippen molar-refractivity contribution in [1.29, 1.82) is 0 Å². The number of hydrogen-bond acceptors (Lipinski definition) is 3. The van der Waals surface area contributed by atoms with Crippen molar-refractivity contribution in [1.82, 2.24) is 14.8 Å². The number of anilines is 1. The summed E-state index contributed by atoms with van der Waals surface area (Å²) in [6.45, 7) is 1.88. The van der Waals surface area contributed by atoms with Gasteiger partial charge in [-0.15, -0.1) is 0 Å². The Bertz CT molecular complexity index is 952. The molecule has 126 valence electrons. The maximum Gasteiger partial charge on any atom is 0.248 e. The lowest BCUT2D eigenvalue weighted by molar-refractivity contribution is -0.111. The van der Waals surface area contributed by atoms with Gasteiger partial charge in [-0.1, -0.05) is 6.07 Å². The number of nitrogens with zero attached hydrogens (tertiary/aromatic N) is 3. The van der Waals surface area contributed by atoms with E-state index in [0.29, 0.717) is 16.9 Å². The van der Waals surface area contributed by atoms with Crippen LogP contribution in [0.5, 0.6) is 0 Å². The topological polar surface area (TPSA) is 59.8 Å². The average molecular weight is 401 g/mol. The number of carbonyl (C=O) groups excluding carboxylic acids is 1. The van der Waals surface area contributed by atoms with Gasteiger partial charge in [0.15, 0.2) is 0 Å². The van der Waals surface area contributed by atoms with E-state index < -0.39 is 5.82 Å². The standard InChI is InChI=1S/C18H14BrFN4O/c1-12-6-7-21-10-16(12)23-18(25)5-3-13-2-4-17(15(20)8-13)24-11-14(19)9-22-24/h2-11H,1H3,(H,23,25)/b5-3+. The van der Waals surface area contributed by atoms with Gasteiger partial charge in [0.25, 0.3) is 0 Å². The summed E-state index contributed by atoms with van der Waals surface area (Å²) in [6.07, 6.45) is 9.38. The van der Waals surface area contributed by atoms with Crippen LogP contribution in [0.1, 0.15) is 11.1 Å².